The molecule has 1 aromatic heterocycles. The molecule has 2 N–H and O–H groups in total. The Balaban J connectivity index is 2.56. The first-order valence-corrected chi connectivity index (χ1v) is 5.60. The lowest BCUT2D eigenvalue weighted by atomic mass is 10.2. The maximum Gasteiger partial charge on any atom is 0.141 e. The van der Waals surface area contributed by atoms with Gasteiger partial charge in [-0.1, -0.05) is 12.1 Å². The highest BCUT2D eigenvalue weighted by molar-refractivity contribution is 9.10. The number of hydrogen-bond acceptors (Lipinski definition) is 2. The van der Waals surface area contributed by atoms with Crippen molar-refractivity contribution in [1.82, 2.24) is 9.55 Å². The van der Waals surface area contributed by atoms with Crippen LogP contribution in [0.2, 0.25) is 0 Å². The van der Waals surface area contributed by atoms with Gasteiger partial charge in [0.15, 0.2) is 0 Å². The van der Waals surface area contributed by atoms with Crippen molar-refractivity contribution in [2.75, 3.05) is 0 Å². The normalized spacial score (nSPS) is 10.8. The molecule has 2 rings (SSSR count). The van der Waals surface area contributed by atoms with Crippen molar-refractivity contribution in [3.05, 3.63) is 40.4 Å². The zero-order valence-electron chi connectivity index (χ0n) is 8.74. The topological polar surface area (TPSA) is 43.8 Å². The molecule has 0 aliphatic carbocycles. The lowest BCUT2D eigenvalue weighted by Crippen LogP contribution is -1.97. The molecule has 0 radical (unpaired) electrons. The fourth-order valence-electron chi connectivity index (χ4n) is 1.55. The molecule has 1 heterocycles. The zero-order chi connectivity index (χ0) is 11.7. The molecule has 5 heteroatoms. The predicted octanol–water partition coefficient (Wildman–Crippen LogP) is 2.45. The molecule has 0 saturated heterocycles. The number of nitrogens with zero attached hydrogens (tertiary/aromatic N) is 2. The van der Waals surface area contributed by atoms with Crippen LogP contribution in [-0.2, 0) is 13.6 Å². The predicted molar refractivity (Wildman–Crippen MR) is 64.2 cm³/mol. The van der Waals surface area contributed by atoms with Gasteiger partial charge in [-0.25, -0.2) is 9.37 Å². The summed E-state index contributed by atoms with van der Waals surface area (Å²) in [7, 11) is 1.86. The molecule has 3 nitrogen and oxygen atoms in total. The minimum Gasteiger partial charge on any atom is -0.325 e. The van der Waals surface area contributed by atoms with Gasteiger partial charge in [-0.05, 0) is 28.1 Å². The number of aromatic nitrogens is 2. The van der Waals surface area contributed by atoms with E-state index in [-0.39, 0.29) is 5.82 Å². The minimum absolute atomic E-state index is 0.272. The van der Waals surface area contributed by atoms with Crippen LogP contribution in [0.3, 0.4) is 0 Å². The van der Waals surface area contributed by atoms with Crippen LogP contribution in [0, 0.1) is 5.82 Å². The van der Waals surface area contributed by atoms with E-state index in [1.807, 2.05) is 17.7 Å². The average Bonchev–Trinajstić information content (AvgIpc) is 2.56. The Kier molecular flexibility index (Phi) is 3.07. The number of nitrogens with two attached hydrogens (primary N) is 1. The zero-order valence-corrected chi connectivity index (χ0v) is 10.3. The Hall–Kier alpha value is -1.20. The van der Waals surface area contributed by atoms with Crippen molar-refractivity contribution in [2.24, 2.45) is 12.8 Å². The monoisotopic (exact) mass is 283 g/mol. The van der Waals surface area contributed by atoms with Crippen LogP contribution in [0.4, 0.5) is 4.39 Å². The summed E-state index contributed by atoms with van der Waals surface area (Å²) in [6.07, 6.45) is 0. The lowest BCUT2D eigenvalue weighted by Gasteiger charge is -2.02. The van der Waals surface area contributed by atoms with Crippen LogP contribution in [0.25, 0.3) is 11.4 Å². The summed E-state index contributed by atoms with van der Waals surface area (Å²) < 4.78 is 15.8. The number of imidazole rings is 1. The van der Waals surface area contributed by atoms with Crippen molar-refractivity contribution in [2.45, 2.75) is 6.54 Å². The highest BCUT2D eigenvalue weighted by atomic mass is 79.9. The summed E-state index contributed by atoms with van der Waals surface area (Å²) in [4.78, 5) is 4.36. The van der Waals surface area contributed by atoms with E-state index in [0.717, 1.165) is 15.9 Å². The fourth-order valence-corrected chi connectivity index (χ4v) is 1.97. The van der Waals surface area contributed by atoms with Crippen LogP contribution < -0.4 is 5.73 Å². The van der Waals surface area contributed by atoms with Gasteiger partial charge in [-0.15, -0.1) is 0 Å². The Morgan fingerprint density at radius 1 is 1.50 bits per heavy atom. The molecule has 0 fully saturated rings. The molecule has 0 bridgehead atoms. The van der Waals surface area contributed by atoms with E-state index < -0.39 is 0 Å². The van der Waals surface area contributed by atoms with Gasteiger partial charge >= 0.3 is 0 Å². The molecule has 0 unspecified atom stereocenters. The summed E-state index contributed by atoms with van der Waals surface area (Å²) in [6.45, 7) is 0.351. The quantitative estimate of drug-likeness (QED) is 0.920. The molecular formula is C11H11BrFN3. The van der Waals surface area contributed by atoms with Gasteiger partial charge in [0, 0.05) is 19.2 Å². The smallest absolute Gasteiger partial charge is 0.141 e. The van der Waals surface area contributed by atoms with Crippen LogP contribution in [0.5, 0.6) is 0 Å². The molecular weight excluding hydrogens is 273 g/mol. The van der Waals surface area contributed by atoms with Gasteiger partial charge in [0.1, 0.15) is 16.2 Å². The van der Waals surface area contributed by atoms with Crippen molar-refractivity contribution in [3.8, 4) is 11.4 Å². The number of hydrogen-bond donors (Lipinski definition) is 1. The number of rotatable bonds is 2. The minimum atomic E-state index is -0.272. The van der Waals surface area contributed by atoms with Crippen molar-refractivity contribution >= 4 is 15.9 Å². The standard InChI is InChI=1S/C11H11BrFN3/c1-16-10(12)9(6-14)15-11(16)7-3-2-4-8(13)5-7/h2-5H,6,14H2,1H3. The van der Waals surface area contributed by atoms with Crippen LogP contribution in [0.1, 0.15) is 5.69 Å². The van der Waals surface area contributed by atoms with Gasteiger partial charge in [-0.2, -0.15) is 0 Å². The maximum absolute atomic E-state index is 13.1. The molecule has 0 aliphatic heterocycles. The molecule has 0 saturated carbocycles. The van der Waals surface area contributed by atoms with Gasteiger partial charge < -0.3 is 10.3 Å². The van der Waals surface area contributed by atoms with Gasteiger partial charge in [-0.3, -0.25) is 0 Å². The van der Waals surface area contributed by atoms with Crippen molar-refractivity contribution in [1.29, 1.82) is 0 Å². The van der Waals surface area contributed by atoms with Crippen LogP contribution in [0.15, 0.2) is 28.9 Å². The third-order valence-corrected chi connectivity index (χ3v) is 3.36. The summed E-state index contributed by atoms with van der Waals surface area (Å²) in [6, 6.07) is 6.34. The number of benzene rings is 1. The highest BCUT2D eigenvalue weighted by Gasteiger charge is 2.12. The third-order valence-electron chi connectivity index (χ3n) is 2.37. The van der Waals surface area contributed by atoms with E-state index in [4.69, 9.17) is 5.73 Å². The molecule has 0 atom stereocenters. The fraction of sp³-hybridized carbons (Fsp3) is 0.182. The maximum atomic E-state index is 13.1. The van der Waals surface area contributed by atoms with Gasteiger partial charge in [0.2, 0.25) is 0 Å². The van der Waals surface area contributed by atoms with E-state index in [1.54, 1.807) is 6.07 Å². The summed E-state index contributed by atoms with van der Waals surface area (Å²) in [5.41, 5.74) is 7.07. The van der Waals surface area contributed by atoms with Gasteiger partial charge in [0.25, 0.3) is 0 Å². The van der Waals surface area contributed by atoms with E-state index in [0.29, 0.717) is 12.4 Å². The Morgan fingerprint density at radius 2 is 2.25 bits per heavy atom. The second-order valence-corrected chi connectivity index (χ2v) is 4.20. The molecule has 1 aromatic carbocycles. The summed E-state index contributed by atoms with van der Waals surface area (Å²) in [5.74, 6) is 0.428. The number of halogens is 2. The molecule has 0 aliphatic rings. The second kappa shape index (κ2) is 4.35. The SMILES string of the molecule is Cn1c(-c2cccc(F)c2)nc(CN)c1Br. The van der Waals surface area contributed by atoms with Crippen molar-refractivity contribution < 1.29 is 4.39 Å². The first-order valence-electron chi connectivity index (χ1n) is 4.80. The van der Waals surface area contributed by atoms with E-state index in [1.165, 1.54) is 12.1 Å². The van der Waals surface area contributed by atoms with E-state index >= 15 is 0 Å². The Morgan fingerprint density at radius 3 is 2.81 bits per heavy atom. The molecule has 84 valence electrons. The Bertz CT molecular complexity index is 522. The first kappa shape index (κ1) is 11.3. The third kappa shape index (κ3) is 1.88. The summed E-state index contributed by atoms with van der Waals surface area (Å²) in [5, 5.41) is 0. The second-order valence-electron chi connectivity index (χ2n) is 3.45. The molecule has 2 aromatic rings. The summed E-state index contributed by atoms with van der Waals surface area (Å²) >= 11 is 3.40. The largest absolute Gasteiger partial charge is 0.325 e. The van der Waals surface area contributed by atoms with Gasteiger partial charge in [0.05, 0.1) is 5.69 Å². The molecule has 0 spiro atoms. The van der Waals surface area contributed by atoms with E-state index in [9.17, 15) is 4.39 Å². The highest BCUT2D eigenvalue weighted by Crippen LogP contribution is 2.25. The van der Waals surface area contributed by atoms with E-state index in [2.05, 4.69) is 20.9 Å². The first-order chi connectivity index (χ1) is 7.63. The average molecular weight is 284 g/mol. The van der Waals surface area contributed by atoms with Crippen LogP contribution >= 0.6 is 15.9 Å². The molecule has 0 amide bonds. The molecule has 16 heavy (non-hydrogen) atoms. The lowest BCUT2D eigenvalue weighted by molar-refractivity contribution is 0.628. The van der Waals surface area contributed by atoms with Crippen molar-refractivity contribution in [3.63, 3.8) is 0 Å². The Labute approximate surface area is 101 Å². The van der Waals surface area contributed by atoms with Crippen LogP contribution in [-0.4, -0.2) is 9.55 Å².